The van der Waals surface area contributed by atoms with Crippen LogP contribution < -0.4 is 4.90 Å². The van der Waals surface area contributed by atoms with Gasteiger partial charge in [-0.05, 0) is 24.6 Å². The van der Waals surface area contributed by atoms with Crippen LogP contribution in [0.3, 0.4) is 0 Å². The minimum Gasteiger partial charge on any atom is -0.396 e. The van der Waals surface area contributed by atoms with E-state index in [0.717, 1.165) is 30.0 Å². The van der Waals surface area contributed by atoms with E-state index >= 15 is 0 Å². The lowest BCUT2D eigenvalue weighted by Crippen LogP contribution is -2.20. The van der Waals surface area contributed by atoms with Crippen molar-refractivity contribution in [2.75, 3.05) is 25.1 Å². The summed E-state index contributed by atoms with van der Waals surface area (Å²) in [6.45, 7) is 0.966. The molecule has 5 nitrogen and oxygen atoms in total. The van der Waals surface area contributed by atoms with Crippen LogP contribution in [-0.4, -0.2) is 40.5 Å². The van der Waals surface area contributed by atoms with Crippen LogP contribution in [0.15, 0.2) is 30.6 Å². The summed E-state index contributed by atoms with van der Waals surface area (Å²) in [6, 6.07) is 5.84. The standard InChI is InChI=1S/C12H16N4O/c1-16(7-2-8-17)12-4-3-11(14-15-12)10-5-6-13-9-10/h3-6,9,13,17H,2,7-8H2,1H3. The third-order valence-corrected chi connectivity index (χ3v) is 2.59. The van der Waals surface area contributed by atoms with E-state index in [1.165, 1.54) is 0 Å². The van der Waals surface area contributed by atoms with Crippen LogP contribution in [0.4, 0.5) is 5.82 Å². The quantitative estimate of drug-likeness (QED) is 0.815. The number of aliphatic hydroxyl groups excluding tert-OH is 1. The van der Waals surface area contributed by atoms with Crippen LogP contribution in [0.2, 0.25) is 0 Å². The van der Waals surface area contributed by atoms with Crippen molar-refractivity contribution < 1.29 is 5.11 Å². The fourth-order valence-corrected chi connectivity index (χ4v) is 1.59. The molecule has 0 bridgehead atoms. The first kappa shape index (κ1) is 11.6. The number of aromatic amines is 1. The molecule has 0 saturated heterocycles. The van der Waals surface area contributed by atoms with E-state index in [9.17, 15) is 0 Å². The molecule has 17 heavy (non-hydrogen) atoms. The second kappa shape index (κ2) is 5.45. The number of aliphatic hydroxyl groups is 1. The highest BCUT2D eigenvalue weighted by molar-refractivity contribution is 5.58. The number of anilines is 1. The average Bonchev–Trinajstić information content (AvgIpc) is 2.90. The molecule has 2 N–H and O–H groups in total. The maximum Gasteiger partial charge on any atom is 0.151 e. The Bertz CT molecular complexity index is 438. The lowest BCUT2D eigenvalue weighted by molar-refractivity contribution is 0.290. The van der Waals surface area contributed by atoms with E-state index in [0.29, 0.717) is 0 Å². The van der Waals surface area contributed by atoms with Crippen molar-refractivity contribution in [3.8, 4) is 11.3 Å². The summed E-state index contributed by atoms with van der Waals surface area (Å²) < 4.78 is 0. The van der Waals surface area contributed by atoms with Gasteiger partial charge in [-0.3, -0.25) is 0 Å². The first-order chi connectivity index (χ1) is 8.31. The molecule has 0 amide bonds. The average molecular weight is 232 g/mol. The number of hydrogen-bond acceptors (Lipinski definition) is 4. The van der Waals surface area contributed by atoms with Crippen LogP contribution in [0.1, 0.15) is 6.42 Å². The molecule has 0 aliphatic carbocycles. The summed E-state index contributed by atoms with van der Waals surface area (Å²) in [6.07, 6.45) is 4.48. The maximum atomic E-state index is 8.76. The van der Waals surface area contributed by atoms with Crippen molar-refractivity contribution in [1.29, 1.82) is 0 Å². The summed E-state index contributed by atoms with van der Waals surface area (Å²) in [7, 11) is 1.94. The highest BCUT2D eigenvalue weighted by atomic mass is 16.3. The van der Waals surface area contributed by atoms with Crippen molar-refractivity contribution >= 4 is 5.82 Å². The van der Waals surface area contributed by atoms with E-state index in [-0.39, 0.29) is 6.61 Å². The monoisotopic (exact) mass is 232 g/mol. The van der Waals surface area contributed by atoms with Gasteiger partial charge in [-0.25, -0.2) is 0 Å². The van der Waals surface area contributed by atoms with E-state index in [4.69, 9.17) is 5.11 Å². The second-order valence-corrected chi connectivity index (χ2v) is 3.88. The number of hydrogen-bond donors (Lipinski definition) is 2. The fourth-order valence-electron chi connectivity index (χ4n) is 1.59. The molecule has 0 radical (unpaired) electrons. The van der Waals surface area contributed by atoms with E-state index in [1.807, 2.05) is 42.5 Å². The molecule has 0 aliphatic heterocycles. The molecule has 0 atom stereocenters. The van der Waals surface area contributed by atoms with Gasteiger partial charge in [0, 0.05) is 38.2 Å². The zero-order valence-electron chi connectivity index (χ0n) is 9.80. The van der Waals surface area contributed by atoms with Gasteiger partial charge >= 0.3 is 0 Å². The Morgan fingerprint density at radius 2 is 2.18 bits per heavy atom. The van der Waals surface area contributed by atoms with Gasteiger partial charge < -0.3 is 15.0 Å². The largest absolute Gasteiger partial charge is 0.396 e. The Hall–Kier alpha value is -1.88. The van der Waals surface area contributed by atoms with Crippen molar-refractivity contribution in [2.24, 2.45) is 0 Å². The third kappa shape index (κ3) is 2.82. The van der Waals surface area contributed by atoms with Crippen LogP contribution in [0.5, 0.6) is 0 Å². The van der Waals surface area contributed by atoms with E-state index < -0.39 is 0 Å². The second-order valence-electron chi connectivity index (χ2n) is 3.88. The molecule has 0 saturated carbocycles. The van der Waals surface area contributed by atoms with Crippen LogP contribution in [0, 0.1) is 0 Å². The Labute approximate surface area is 100 Å². The van der Waals surface area contributed by atoms with Gasteiger partial charge in [0.25, 0.3) is 0 Å². The molecular weight excluding hydrogens is 216 g/mol. The van der Waals surface area contributed by atoms with Gasteiger partial charge in [-0.2, -0.15) is 0 Å². The predicted molar refractivity (Wildman–Crippen MR) is 66.8 cm³/mol. The molecule has 0 aliphatic rings. The minimum atomic E-state index is 0.194. The minimum absolute atomic E-state index is 0.194. The smallest absolute Gasteiger partial charge is 0.151 e. The van der Waals surface area contributed by atoms with Gasteiger partial charge in [-0.1, -0.05) is 0 Å². The Morgan fingerprint density at radius 1 is 1.29 bits per heavy atom. The van der Waals surface area contributed by atoms with Crippen LogP contribution in [-0.2, 0) is 0 Å². The number of nitrogens with one attached hydrogen (secondary N) is 1. The zero-order chi connectivity index (χ0) is 12.1. The number of rotatable bonds is 5. The lowest BCUT2D eigenvalue weighted by Gasteiger charge is -2.16. The van der Waals surface area contributed by atoms with Crippen molar-refractivity contribution in [3.63, 3.8) is 0 Å². The first-order valence-electron chi connectivity index (χ1n) is 5.60. The zero-order valence-corrected chi connectivity index (χ0v) is 9.80. The highest BCUT2D eigenvalue weighted by Gasteiger charge is 2.04. The molecule has 5 heteroatoms. The highest BCUT2D eigenvalue weighted by Crippen LogP contribution is 2.17. The normalized spacial score (nSPS) is 10.5. The molecule has 2 aromatic heterocycles. The molecule has 2 heterocycles. The topological polar surface area (TPSA) is 65.0 Å². The molecule has 0 aromatic carbocycles. The van der Waals surface area contributed by atoms with E-state index in [2.05, 4.69) is 15.2 Å². The van der Waals surface area contributed by atoms with E-state index in [1.54, 1.807) is 0 Å². The number of H-pyrrole nitrogens is 1. The van der Waals surface area contributed by atoms with Gasteiger partial charge in [0.1, 0.15) is 0 Å². The SMILES string of the molecule is CN(CCCO)c1ccc(-c2cc[nH]c2)nn1. The molecule has 0 fully saturated rings. The van der Waals surface area contributed by atoms with Crippen molar-refractivity contribution in [3.05, 3.63) is 30.6 Å². The summed E-state index contributed by atoms with van der Waals surface area (Å²) in [5.41, 5.74) is 1.88. The van der Waals surface area contributed by atoms with Crippen LogP contribution in [0.25, 0.3) is 11.3 Å². The summed E-state index contributed by atoms with van der Waals surface area (Å²) >= 11 is 0. The molecule has 2 aromatic rings. The maximum absolute atomic E-state index is 8.76. The van der Waals surface area contributed by atoms with Crippen LogP contribution >= 0.6 is 0 Å². The van der Waals surface area contributed by atoms with Gasteiger partial charge in [-0.15, -0.1) is 10.2 Å². The Kier molecular flexibility index (Phi) is 3.72. The summed E-state index contributed by atoms with van der Waals surface area (Å²) in [5.74, 6) is 0.817. The fraction of sp³-hybridized carbons (Fsp3) is 0.333. The molecular formula is C12H16N4O. The van der Waals surface area contributed by atoms with Gasteiger partial charge in [0.15, 0.2) is 5.82 Å². The van der Waals surface area contributed by atoms with Gasteiger partial charge in [0.2, 0.25) is 0 Å². The predicted octanol–water partition coefficient (Wildman–Crippen LogP) is 1.29. The van der Waals surface area contributed by atoms with Gasteiger partial charge in [0.05, 0.1) is 5.69 Å². The summed E-state index contributed by atoms with van der Waals surface area (Å²) in [5, 5.41) is 17.1. The first-order valence-corrected chi connectivity index (χ1v) is 5.60. The molecule has 2 rings (SSSR count). The molecule has 90 valence electrons. The third-order valence-electron chi connectivity index (χ3n) is 2.59. The lowest BCUT2D eigenvalue weighted by atomic mass is 10.2. The Morgan fingerprint density at radius 3 is 2.76 bits per heavy atom. The number of nitrogens with zero attached hydrogens (tertiary/aromatic N) is 3. The Balaban J connectivity index is 2.08. The molecule has 0 unspecified atom stereocenters. The van der Waals surface area contributed by atoms with Crippen molar-refractivity contribution in [1.82, 2.24) is 15.2 Å². The summed E-state index contributed by atoms with van der Waals surface area (Å²) in [4.78, 5) is 4.96. The van der Waals surface area contributed by atoms with Crippen molar-refractivity contribution in [2.45, 2.75) is 6.42 Å². The molecule has 0 spiro atoms. The number of aromatic nitrogens is 3.